The quantitative estimate of drug-likeness (QED) is 0.800. The molecule has 0 aliphatic rings. The van der Waals surface area contributed by atoms with Crippen molar-refractivity contribution in [3.05, 3.63) is 24.3 Å². The molecule has 1 aromatic carbocycles. The third-order valence-electron chi connectivity index (χ3n) is 2.87. The molecular weight excluding hydrogens is 238 g/mol. The molecule has 5 heteroatoms. The Morgan fingerprint density at radius 2 is 1.89 bits per heavy atom. The fraction of sp³-hybridized carbons (Fsp3) is 0.500. The summed E-state index contributed by atoms with van der Waals surface area (Å²) in [6.07, 6.45) is 0. The first-order chi connectivity index (χ1) is 9.16. The highest BCUT2D eigenvalue weighted by atomic mass is 15.3. The number of benzene rings is 1. The van der Waals surface area contributed by atoms with Crippen LogP contribution < -0.4 is 10.2 Å². The van der Waals surface area contributed by atoms with Crippen molar-refractivity contribution in [1.29, 1.82) is 0 Å². The fourth-order valence-corrected chi connectivity index (χ4v) is 1.77. The largest absolute Gasteiger partial charge is 0.341 e. The minimum atomic E-state index is 0.670. The van der Waals surface area contributed by atoms with Gasteiger partial charge in [0.15, 0.2) is 0 Å². The Balaban J connectivity index is 1.95. The van der Waals surface area contributed by atoms with Gasteiger partial charge < -0.3 is 10.2 Å². The van der Waals surface area contributed by atoms with Crippen LogP contribution in [0.4, 0.5) is 5.95 Å². The van der Waals surface area contributed by atoms with Crippen molar-refractivity contribution in [2.45, 2.75) is 13.8 Å². The first kappa shape index (κ1) is 13.7. The molecule has 0 radical (unpaired) electrons. The van der Waals surface area contributed by atoms with Crippen molar-refractivity contribution in [3.8, 4) is 0 Å². The molecule has 0 bridgehead atoms. The van der Waals surface area contributed by atoms with Gasteiger partial charge >= 0.3 is 0 Å². The van der Waals surface area contributed by atoms with Gasteiger partial charge in [0.1, 0.15) is 5.52 Å². The van der Waals surface area contributed by atoms with Gasteiger partial charge in [-0.3, -0.25) is 0 Å². The van der Waals surface area contributed by atoms with Crippen molar-refractivity contribution < 1.29 is 0 Å². The predicted molar refractivity (Wildman–Crippen MR) is 78.3 cm³/mol. The molecule has 0 atom stereocenters. The lowest BCUT2D eigenvalue weighted by Gasteiger charge is -2.17. The van der Waals surface area contributed by atoms with Crippen molar-refractivity contribution in [1.82, 2.24) is 20.5 Å². The van der Waals surface area contributed by atoms with E-state index in [1.54, 1.807) is 0 Å². The van der Waals surface area contributed by atoms with Crippen LogP contribution in [0.2, 0.25) is 0 Å². The first-order valence-corrected chi connectivity index (χ1v) is 6.68. The number of para-hydroxylation sites is 1. The van der Waals surface area contributed by atoms with E-state index in [9.17, 15) is 0 Å². The van der Waals surface area contributed by atoms with Gasteiger partial charge in [-0.15, -0.1) is 10.2 Å². The highest BCUT2D eigenvalue weighted by Crippen LogP contribution is 2.10. The standard InChI is InChI=1S/C14H21N5/c1-11(2)10-15-8-9-19(3)14-16-12-6-4-5-7-13(12)17-18-14/h4-7,11,15H,8-10H2,1-3H3. The summed E-state index contributed by atoms with van der Waals surface area (Å²) in [6.45, 7) is 7.22. The lowest BCUT2D eigenvalue weighted by Crippen LogP contribution is -2.32. The molecule has 1 heterocycles. The van der Waals surface area contributed by atoms with Crippen LogP contribution in [0.1, 0.15) is 13.8 Å². The molecule has 0 saturated heterocycles. The molecule has 0 unspecified atom stereocenters. The number of likely N-dealkylation sites (N-methyl/N-ethyl adjacent to an activating group) is 1. The zero-order valence-corrected chi connectivity index (χ0v) is 11.8. The predicted octanol–water partition coefficient (Wildman–Crippen LogP) is 1.71. The third kappa shape index (κ3) is 3.86. The summed E-state index contributed by atoms with van der Waals surface area (Å²) >= 11 is 0. The van der Waals surface area contributed by atoms with Gasteiger partial charge in [-0.2, -0.15) is 0 Å². The van der Waals surface area contributed by atoms with Crippen LogP contribution >= 0.6 is 0 Å². The lowest BCUT2D eigenvalue weighted by molar-refractivity contribution is 0.553. The van der Waals surface area contributed by atoms with Crippen molar-refractivity contribution >= 4 is 17.0 Å². The molecule has 5 nitrogen and oxygen atoms in total. The van der Waals surface area contributed by atoms with Crippen molar-refractivity contribution in [3.63, 3.8) is 0 Å². The number of hydrogen-bond acceptors (Lipinski definition) is 5. The number of aromatic nitrogens is 3. The van der Waals surface area contributed by atoms with E-state index in [-0.39, 0.29) is 0 Å². The Kier molecular flexibility index (Phi) is 4.63. The summed E-state index contributed by atoms with van der Waals surface area (Å²) in [4.78, 5) is 6.53. The van der Waals surface area contributed by atoms with Gasteiger partial charge in [-0.05, 0) is 24.6 Å². The number of nitrogens with zero attached hydrogens (tertiary/aromatic N) is 4. The Labute approximate surface area is 114 Å². The average Bonchev–Trinajstić information content (AvgIpc) is 2.42. The molecule has 2 aromatic rings. The van der Waals surface area contributed by atoms with E-state index in [0.717, 1.165) is 30.7 Å². The van der Waals surface area contributed by atoms with Crippen LogP contribution in [0.3, 0.4) is 0 Å². The number of rotatable bonds is 6. The molecule has 0 aliphatic heterocycles. The topological polar surface area (TPSA) is 53.9 Å². The molecule has 0 fully saturated rings. The summed E-state index contributed by atoms with van der Waals surface area (Å²) in [6, 6.07) is 7.78. The zero-order valence-electron chi connectivity index (χ0n) is 11.8. The molecule has 0 saturated carbocycles. The summed E-state index contributed by atoms with van der Waals surface area (Å²) in [5.41, 5.74) is 1.71. The first-order valence-electron chi connectivity index (χ1n) is 6.68. The third-order valence-corrected chi connectivity index (χ3v) is 2.87. The van der Waals surface area contributed by atoms with Crippen LogP contribution in [-0.4, -0.2) is 41.9 Å². The maximum atomic E-state index is 4.51. The molecule has 102 valence electrons. The summed E-state index contributed by atoms with van der Waals surface area (Å²) in [5, 5.41) is 11.7. The Hall–Kier alpha value is -1.75. The van der Waals surface area contributed by atoms with Crippen LogP contribution in [0, 0.1) is 5.92 Å². The normalized spacial score (nSPS) is 11.2. The second-order valence-corrected chi connectivity index (χ2v) is 5.12. The molecule has 0 spiro atoms. The van der Waals surface area contributed by atoms with Gasteiger partial charge in [0.05, 0.1) is 5.52 Å². The highest BCUT2D eigenvalue weighted by molar-refractivity contribution is 5.74. The molecule has 19 heavy (non-hydrogen) atoms. The van der Waals surface area contributed by atoms with E-state index in [1.165, 1.54) is 0 Å². The van der Waals surface area contributed by atoms with E-state index in [4.69, 9.17) is 0 Å². The Bertz CT molecular complexity index is 526. The fourth-order valence-electron chi connectivity index (χ4n) is 1.77. The van der Waals surface area contributed by atoms with E-state index in [0.29, 0.717) is 11.9 Å². The molecule has 0 amide bonds. The van der Waals surface area contributed by atoms with E-state index in [2.05, 4.69) is 34.3 Å². The highest BCUT2D eigenvalue weighted by Gasteiger charge is 2.06. The smallest absolute Gasteiger partial charge is 0.245 e. The number of anilines is 1. The molecule has 1 aromatic heterocycles. The minimum Gasteiger partial charge on any atom is -0.341 e. The lowest BCUT2D eigenvalue weighted by atomic mass is 10.2. The molecule has 2 rings (SSSR count). The molecule has 0 aliphatic carbocycles. The molecule has 1 N–H and O–H groups in total. The SMILES string of the molecule is CC(C)CNCCN(C)c1nnc2ccccc2n1. The van der Waals surface area contributed by atoms with Crippen LogP contribution in [-0.2, 0) is 0 Å². The second kappa shape index (κ2) is 6.43. The van der Waals surface area contributed by atoms with Crippen LogP contribution in [0.5, 0.6) is 0 Å². The van der Waals surface area contributed by atoms with Gasteiger partial charge in [0.2, 0.25) is 5.95 Å². The minimum absolute atomic E-state index is 0.670. The Morgan fingerprint density at radius 1 is 1.16 bits per heavy atom. The Morgan fingerprint density at radius 3 is 2.63 bits per heavy atom. The van der Waals surface area contributed by atoms with Gasteiger partial charge in [0, 0.05) is 20.1 Å². The second-order valence-electron chi connectivity index (χ2n) is 5.12. The van der Waals surface area contributed by atoms with Crippen LogP contribution in [0.15, 0.2) is 24.3 Å². The summed E-state index contributed by atoms with van der Waals surface area (Å²) < 4.78 is 0. The van der Waals surface area contributed by atoms with Gasteiger partial charge in [-0.1, -0.05) is 26.0 Å². The van der Waals surface area contributed by atoms with Crippen molar-refractivity contribution in [2.24, 2.45) is 5.92 Å². The number of nitrogens with one attached hydrogen (secondary N) is 1. The van der Waals surface area contributed by atoms with Gasteiger partial charge in [0.25, 0.3) is 0 Å². The maximum absolute atomic E-state index is 4.51. The number of hydrogen-bond donors (Lipinski definition) is 1. The summed E-state index contributed by atoms with van der Waals surface area (Å²) in [5.74, 6) is 1.34. The van der Waals surface area contributed by atoms with Gasteiger partial charge in [-0.25, -0.2) is 4.98 Å². The zero-order chi connectivity index (χ0) is 13.7. The van der Waals surface area contributed by atoms with E-state index >= 15 is 0 Å². The van der Waals surface area contributed by atoms with Crippen molar-refractivity contribution in [2.75, 3.05) is 31.6 Å². The van der Waals surface area contributed by atoms with E-state index < -0.39 is 0 Å². The average molecular weight is 259 g/mol. The molecular formula is C14H21N5. The number of fused-ring (bicyclic) bond motifs is 1. The monoisotopic (exact) mass is 259 g/mol. The van der Waals surface area contributed by atoms with Crippen LogP contribution in [0.25, 0.3) is 11.0 Å². The summed E-state index contributed by atoms with van der Waals surface area (Å²) in [7, 11) is 1.99. The van der Waals surface area contributed by atoms with E-state index in [1.807, 2.05) is 36.2 Å². The maximum Gasteiger partial charge on any atom is 0.245 e.